The summed E-state index contributed by atoms with van der Waals surface area (Å²) >= 11 is 2.26. The highest BCUT2D eigenvalue weighted by Gasteiger charge is 2.17. The summed E-state index contributed by atoms with van der Waals surface area (Å²) < 4.78 is 13.6. The molecular formula is C13H23IO2. The number of hydrogen-bond acceptors (Lipinski definition) is 2. The Kier molecular flexibility index (Phi) is 8.51. The largest absolute Gasteiger partial charge is 0.353 e. The van der Waals surface area contributed by atoms with Crippen LogP contribution in [-0.4, -0.2) is 19.0 Å². The third-order valence-electron chi connectivity index (χ3n) is 2.84. The fourth-order valence-corrected chi connectivity index (χ4v) is 2.36. The van der Waals surface area contributed by atoms with Crippen LogP contribution in [-0.2, 0) is 9.47 Å². The standard InChI is InChI=1S/C13H23IO2/c1-2-3-4-7-12(9-10-14)16-13-8-5-6-11-15-13/h9-10,12-13H,2-8,11H2,1H3/t12-,13?/m0/s1. The van der Waals surface area contributed by atoms with Gasteiger partial charge in [0.15, 0.2) is 6.29 Å². The van der Waals surface area contributed by atoms with Crippen LogP contribution in [0.3, 0.4) is 0 Å². The fraction of sp³-hybridized carbons (Fsp3) is 0.846. The fourth-order valence-electron chi connectivity index (χ4n) is 1.90. The maximum atomic E-state index is 5.96. The zero-order valence-corrected chi connectivity index (χ0v) is 12.3. The summed E-state index contributed by atoms with van der Waals surface area (Å²) in [6, 6.07) is 0. The molecule has 0 N–H and O–H groups in total. The average molecular weight is 338 g/mol. The van der Waals surface area contributed by atoms with E-state index in [-0.39, 0.29) is 12.4 Å². The van der Waals surface area contributed by atoms with Crippen LogP contribution >= 0.6 is 22.6 Å². The van der Waals surface area contributed by atoms with Gasteiger partial charge in [-0.15, -0.1) is 0 Å². The number of ether oxygens (including phenoxy) is 2. The van der Waals surface area contributed by atoms with E-state index in [1.165, 1.54) is 32.1 Å². The van der Waals surface area contributed by atoms with Gasteiger partial charge < -0.3 is 9.47 Å². The van der Waals surface area contributed by atoms with Crippen molar-refractivity contribution in [2.24, 2.45) is 0 Å². The molecule has 2 nitrogen and oxygen atoms in total. The predicted molar refractivity (Wildman–Crippen MR) is 75.8 cm³/mol. The molecule has 0 aromatic heterocycles. The Bertz CT molecular complexity index is 188. The number of hydrogen-bond donors (Lipinski definition) is 0. The SMILES string of the molecule is CCCCC[C@@H](C=CI)OC1CCCCO1. The van der Waals surface area contributed by atoms with Gasteiger partial charge >= 0.3 is 0 Å². The van der Waals surface area contributed by atoms with Crippen molar-refractivity contribution in [1.29, 1.82) is 0 Å². The van der Waals surface area contributed by atoms with Gasteiger partial charge in [-0.1, -0.05) is 48.8 Å². The van der Waals surface area contributed by atoms with E-state index in [2.05, 4.69) is 39.7 Å². The van der Waals surface area contributed by atoms with E-state index >= 15 is 0 Å². The van der Waals surface area contributed by atoms with Gasteiger partial charge in [0.2, 0.25) is 0 Å². The molecule has 0 radical (unpaired) electrons. The quantitative estimate of drug-likeness (QED) is 0.505. The lowest BCUT2D eigenvalue weighted by Crippen LogP contribution is -2.27. The van der Waals surface area contributed by atoms with Crippen molar-refractivity contribution < 1.29 is 9.47 Å². The van der Waals surface area contributed by atoms with Crippen LogP contribution in [0.25, 0.3) is 0 Å². The van der Waals surface area contributed by atoms with Crippen LogP contribution in [0.5, 0.6) is 0 Å². The van der Waals surface area contributed by atoms with Crippen molar-refractivity contribution >= 4 is 22.6 Å². The summed E-state index contributed by atoms with van der Waals surface area (Å²) in [7, 11) is 0. The van der Waals surface area contributed by atoms with Crippen LogP contribution in [0.15, 0.2) is 10.2 Å². The van der Waals surface area contributed by atoms with Crippen molar-refractivity contribution in [2.45, 2.75) is 64.3 Å². The minimum Gasteiger partial charge on any atom is -0.353 e. The monoisotopic (exact) mass is 338 g/mol. The van der Waals surface area contributed by atoms with E-state index in [0.29, 0.717) is 0 Å². The third-order valence-corrected chi connectivity index (χ3v) is 3.26. The Labute approximate surface area is 113 Å². The Hall–Kier alpha value is 0.390. The van der Waals surface area contributed by atoms with Gasteiger partial charge in [0, 0.05) is 6.61 Å². The molecule has 1 heterocycles. The molecule has 0 aliphatic carbocycles. The lowest BCUT2D eigenvalue weighted by Gasteiger charge is -2.26. The van der Waals surface area contributed by atoms with Gasteiger partial charge in [-0.2, -0.15) is 0 Å². The van der Waals surface area contributed by atoms with Crippen molar-refractivity contribution in [3.63, 3.8) is 0 Å². The van der Waals surface area contributed by atoms with Crippen LogP contribution < -0.4 is 0 Å². The summed E-state index contributed by atoms with van der Waals surface area (Å²) in [4.78, 5) is 0. The zero-order valence-electron chi connectivity index (χ0n) is 10.2. The molecule has 0 amide bonds. The number of unbranched alkanes of at least 4 members (excludes halogenated alkanes) is 2. The average Bonchev–Trinajstić information content (AvgIpc) is 2.31. The van der Waals surface area contributed by atoms with Gasteiger partial charge in [-0.3, -0.25) is 0 Å². The van der Waals surface area contributed by atoms with Crippen LogP contribution in [0.2, 0.25) is 0 Å². The van der Waals surface area contributed by atoms with Crippen molar-refractivity contribution in [3.8, 4) is 0 Å². The maximum Gasteiger partial charge on any atom is 0.158 e. The topological polar surface area (TPSA) is 18.5 Å². The van der Waals surface area contributed by atoms with E-state index < -0.39 is 0 Å². The van der Waals surface area contributed by atoms with Crippen LogP contribution in [0, 0.1) is 0 Å². The Balaban J connectivity index is 2.25. The molecule has 1 fully saturated rings. The first-order chi connectivity index (χ1) is 7.86. The number of halogens is 1. The molecule has 3 heteroatoms. The molecule has 1 saturated heterocycles. The maximum absolute atomic E-state index is 5.96. The first-order valence-corrected chi connectivity index (χ1v) is 7.65. The van der Waals surface area contributed by atoms with Gasteiger partial charge in [-0.05, 0) is 35.8 Å². The van der Waals surface area contributed by atoms with Gasteiger partial charge in [0.25, 0.3) is 0 Å². The molecule has 1 rings (SSSR count). The van der Waals surface area contributed by atoms with Crippen LogP contribution in [0.4, 0.5) is 0 Å². The Morgan fingerprint density at radius 3 is 2.94 bits per heavy atom. The highest BCUT2D eigenvalue weighted by molar-refractivity contribution is 14.1. The summed E-state index contributed by atoms with van der Waals surface area (Å²) in [5.74, 6) is 0. The molecule has 0 saturated carbocycles. The van der Waals surface area contributed by atoms with E-state index in [1.54, 1.807) is 0 Å². The summed E-state index contributed by atoms with van der Waals surface area (Å²) in [6.07, 6.45) is 10.8. The second kappa shape index (κ2) is 9.42. The normalized spacial score (nSPS) is 23.8. The molecule has 1 aliphatic heterocycles. The molecule has 0 aromatic rings. The highest BCUT2D eigenvalue weighted by atomic mass is 127. The minimum atomic E-state index is 0.0352. The molecule has 0 aromatic carbocycles. The number of rotatable bonds is 7. The first-order valence-electron chi connectivity index (χ1n) is 6.40. The third kappa shape index (κ3) is 6.21. The molecule has 16 heavy (non-hydrogen) atoms. The Morgan fingerprint density at radius 1 is 1.44 bits per heavy atom. The highest BCUT2D eigenvalue weighted by Crippen LogP contribution is 2.18. The summed E-state index contributed by atoms with van der Waals surface area (Å²) in [5, 5.41) is 0. The minimum absolute atomic E-state index is 0.0352. The zero-order chi connectivity index (χ0) is 11.6. The molecule has 2 atom stereocenters. The lowest BCUT2D eigenvalue weighted by atomic mass is 10.1. The smallest absolute Gasteiger partial charge is 0.158 e. The molecule has 0 bridgehead atoms. The molecule has 1 unspecified atom stereocenters. The van der Waals surface area contributed by atoms with E-state index in [1.807, 2.05) is 0 Å². The summed E-state index contributed by atoms with van der Waals surface area (Å²) in [5.41, 5.74) is 0. The van der Waals surface area contributed by atoms with Gasteiger partial charge in [0.05, 0.1) is 6.10 Å². The first kappa shape index (κ1) is 14.5. The van der Waals surface area contributed by atoms with Crippen molar-refractivity contribution in [2.75, 3.05) is 6.61 Å². The van der Waals surface area contributed by atoms with Crippen LogP contribution in [0.1, 0.15) is 51.9 Å². The van der Waals surface area contributed by atoms with E-state index in [9.17, 15) is 0 Å². The van der Waals surface area contributed by atoms with Crippen molar-refractivity contribution in [3.05, 3.63) is 10.2 Å². The summed E-state index contributed by atoms with van der Waals surface area (Å²) in [6.45, 7) is 3.09. The molecule has 94 valence electrons. The molecule has 1 aliphatic rings. The van der Waals surface area contributed by atoms with Gasteiger partial charge in [-0.25, -0.2) is 0 Å². The van der Waals surface area contributed by atoms with E-state index in [4.69, 9.17) is 9.47 Å². The van der Waals surface area contributed by atoms with Crippen molar-refractivity contribution in [1.82, 2.24) is 0 Å². The van der Waals surface area contributed by atoms with E-state index in [0.717, 1.165) is 19.4 Å². The molecular weight excluding hydrogens is 315 g/mol. The lowest BCUT2D eigenvalue weighted by molar-refractivity contribution is -0.179. The second-order valence-corrected chi connectivity index (χ2v) is 5.00. The second-order valence-electron chi connectivity index (χ2n) is 4.28. The van der Waals surface area contributed by atoms with Gasteiger partial charge in [0.1, 0.15) is 0 Å². The Morgan fingerprint density at radius 2 is 2.31 bits per heavy atom. The predicted octanol–water partition coefficient (Wildman–Crippen LogP) is 4.43. The molecule has 0 spiro atoms.